The highest BCUT2D eigenvalue weighted by molar-refractivity contribution is 7.13. The molecule has 0 saturated carbocycles. The van der Waals surface area contributed by atoms with Crippen molar-refractivity contribution in [3.05, 3.63) is 76.1 Å². The van der Waals surface area contributed by atoms with Crippen LogP contribution in [-0.4, -0.2) is 56.6 Å². The smallest absolute Gasteiger partial charge is 0.253 e. The molecule has 1 amide bonds. The second-order valence-corrected chi connectivity index (χ2v) is 9.76. The zero-order chi connectivity index (χ0) is 23.2. The average Bonchev–Trinajstić information content (AvgIpc) is 3.54. The molecule has 1 aliphatic heterocycles. The molecule has 0 bridgehead atoms. The van der Waals surface area contributed by atoms with Crippen molar-refractivity contribution in [3.8, 4) is 10.7 Å². The molecule has 5 aromatic rings. The van der Waals surface area contributed by atoms with E-state index in [1.165, 1.54) is 0 Å². The van der Waals surface area contributed by atoms with Crippen LogP contribution in [-0.2, 0) is 0 Å². The number of aromatic nitrogens is 4. The van der Waals surface area contributed by atoms with Gasteiger partial charge in [0.2, 0.25) is 5.95 Å². The Bertz CT molecular complexity index is 1500. The van der Waals surface area contributed by atoms with Crippen LogP contribution in [0.25, 0.3) is 27.3 Å². The molecule has 0 N–H and O–H groups in total. The van der Waals surface area contributed by atoms with Gasteiger partial charge in [-0.3, -0.25) is 4.79 Å². The third kappa shape index (κ3) is 3.59. The van der Waals surface area contributed by atoms with Crippen LogP contribution in [0.5, 0.6) is 0 Å². The lowest BCUT2D eigenvalue weighted by Crippen LogP contribution is -2.49. The first-order valence-corrected chi connectivity index (χ1v) is 12.3. The summed E-state index contributed by atoms with van der Waals surface area (Å²) in [7, 11) is 0. The average molecular weight is 489 g/mol. The number of anilines is 1. The number of thiophene rings is 1. The van der Waals surface area contributed by atoms with Crippen LogP contribution in [0, 0.1) is 6.92 Å². The Balaban J connectivity index is 1.37. The number of benzene rings is 2. The molecule has 0 spiro atoms. The molecule has 3 aromatic heterocycles. The maximum atomic E-state index is 13.0. The van der Waals surface area contributed by atoms with E-state index in [0.29, 0.717) is 31.2 Å². The van der Waals surface area contributed by atoms with Gasteiger partial charge in [-0.25, -0.2) is 9.38 Å². The van der Waals surface area contributed by atoms with Crippen molar-refractivity contribution in [1.82, 2.24) is 24.5 Å². The van der Waals surface area contributed by atoms with E-state index in [-0.39, 0.29) is 5.91 Å². The van der Waals surface area contributed by atoms with Gasteiger partial charge in [0.15, 0.2) is 11.5 Å². The number of hydrogen-bond donors (Lipinski definition) is 0. The second-order valence-electron chi connectivity index (χ2n) is 8.38. The standard InChI is InChI=1S/C25H21ClN6OS/c1-16-4-6-17(7-5-16)24(33)30-10-12-31(13-11-30)25-27-20-15-18(26)8-9-19(20)22-28-29-23(32(22)25)21-3-2-14-34-21/h2-9,14-15H,10-13H2,1H3. The van der Waals surface area contributed by atoms with Crippen LogP contribution in [0.2, 0.25) is 5.02 Å². The molecule has 0 radical (unpaired) electrons. The van der Waals surface area contributed by atoms with Gasteiger partial charge in [0, 0.05) is 42.2 Å². The first-order valence-electron chi connectivity index (χ1n) is 11.1. The van der Waals surface area contributed by atoms with E-state index in [4.69, 9.17) is 16.6 Å². The van der Waals surface area contributed by atoms with E-state index in [1.807, 2.05) is 76.2 Å². The minimum Gasteiger partial charge on any atom is -0.338 e. The molecule has 6 rings (SSSR count). The monoisotopic (exact) mass is 488 g/mol. The van der Waals surface area contributed by atoms with E-state index >= 15 is 0 Å². The molecule has 4 heterocycles. The number of hydrogen-bond acceptors (Lipinski definition) is 6. The number of aryl methyl sites for hydroxylation is 1. The molecule has 7 nitrogen and oxygen atoms in total. The van der Waals surface area contributed by atoms with Crippen LogP contribution in [0.3, 0.4) is 0 Å². The number of fused-ring (bicyclic) bond motifs is 3. The number of carbonyl (C=O) groups excluding carboxylic acids is 1. The van der Waals surface area contributed by atoms with Crippen molar-refractivity contribution in [3.63, 3.8) is 0 Å². The van der Waals surface area contributed by atoms with Crippen molar-refractivity contribution in [2.24, 2.45) is 0 Å². The number of nitrogens with zero attached hydrogens (tertiary/aromatic N) is 6. The van der Waals surface area contributed by atoms with Crippen LogP contribution in [0.15, 0.2) is 60.0 Å². The molecule has 9 heteroatoms. The number of rotatable bonds is 3. The molecular formula is C25H21ClN6OS. The van der Waals surface area contributed by atoms with Gasteiger partial charge in [-0.1, -0.05) is 35.4 Å². The van der Waals surface area contributed by atoms with Crippen molar-refractivity contribution in [1.29, 1.82) is 0 Å². The maximum absolute atomic E-state index is 13.0. The van der Waals surface area contributed by atoms with Crippen LogP contribution >= 0.6 is 22.9 Å². The van der Waals surface area contributed by atoms with E-state index in [0.717, 1.165) is 44.3 Å². The summed E-state index contributed by atoms with van der Waals surface area (Å²) >= 11 is 7.90. The summed E-state index contributed by atoms with van der Waals surface area (Å²) < 4.78 is 2.03. The van der Waals surface area contributed by atoms with E-state index in [9.17, 15) is 4.79 Å². The zero-order valence-corrected chi connectivity index (χ0v) is 20.1. The minimum atomic E-state index is 0.0617. The molecule has 1 aliphatic rings. The van der Waals surface area contributed by atoms with Crippen molar-refractivity contribution in [2.45, 2.75) is 6.92 Å². The van der Waals surface area contributed by atoms with Crippen LogP contribution < -0.4 is 4.90 Å². The molecule has 0 atom stereocenters. The second kappa shape index (κ2) is 8.38. The molecule has 2 aromatic carbocycles. The third-order valence-corrected chi connectivity index (χ3v) is 7.27. The maximum Gasteiger partial charge on any atom is 0.253 e. The van der Waals surface area contributed by atoms with Gasteiger partial charge in [-0.15, -0.1) is 21.5 Å². The van der Waals surface area contributed by atoms with Crippen molar-refractivity contribution < 1.29 is 4.79 Å². The molecule has 1 fully saturated rings. The van der Waals surface area contributed by atoms with Crippen molar-refractivity contribution in [2.75, 3.05) is 31.1 Å². The predicted octanol–water partition coefficient (Wildman–Crippen LogP) is 4.93. The largest absolute Gasteiger partial charge is 0.338 e. The summed E-state index contributed by atoms with van der Waals surface area (Å²) in [5, 5.41) is 12.6. The zero-order valence-electron chi connectivity index (χ0n) is 18.5. The highest BCUT2D eigenvalue weighted by Crippen LogP contribution is 2.31. The lowest BCUT2D eigenvalue weighted by Gasteiger charge is -2.35. The Morgan fingerprint density at radius 2 is 1.79 bits per heavy atom. The fourth-order valence-electron chi connectivity index (χ4n) is 4.36. The lowest BCUT2D eigenvalue weighted by atomic mass is 10.1. The van der Waals surface area contributed by atoms with Crippen molar-refractivity contribution >= 4 is 51.3 Å². The molecule has 34 heavy (non-hydrogen) atoms. The first kappa shape index (κ1) is 21.1. The van der Waals surface area contributed by atoms with Gasteiger partial charge >= 0.3 is 0 Å². The summed E-state index contributed by atoms with van der Waals surface area (Å²) in [4.78, 5) is 23.1. The molecule has 1 saturated heterocycles. The van der Waals surface area contributed by atoms with Crippen LogP contribution in [0.1, 0.15) is 15.9 Å². The lowest BCUT2D eigenvalue weighted by molar-refractivity contribution is 0.0746. The molecular weight excluding hydrogens is 468 g/mol. The number of halogens is 1. The fourth-order valence-corrected chi connectivity index (χ4v) is 5.22. The number of piperazine rings is 1. The predicted molar refractivity (Wildman–Crippen MR) is 136 cm³/mol. The SMILES string of the molecule is Cc1ccc(C(=O)N2CCN(c3nc4cc(Cl)ccc4c4nnc(-c5cccs5)n34)CC2)cc1. The Kier molecular flexibility index (Phi) is 5.19. The normalized spacial score (nSPS) is 14.3. The fraction of sp³-hybridized carbons (Fsp3) is 0.200. The molecule has 170 valence electrons. The van der Waals surface area contributed by atoms with Gasteiger partial charge < -0.3 is 9.80 Å². The Hall–Kier alpha value is -3.49. The Labute approximate surface area is 205 Å². The van der Waals surface area contributed by atoms with Gasteiger partial charge in [0.1, 0.15) is 0 Å². The van der Waals surface area contributed by atoms with Gasteiger partial charge in [-0.2, -0.15) is 0 Å². The Morgan fingerprint density at radius 1 is 1.00 bits per heavy atom. The topological polar surface area (TPSA) is 66.6 Å². The number of amides is 1. The van der Waals surface area contributed by atoms with Crippen LogP contribution in [0.4, 0.5) is 5.95 Å². The van der Waals surface area contributed by atoms with E-state index < -0.39 is 0 Å². The molecule has 0 unspecified atom stereocenters. The summed E-state index contributed by atoms with van der Waals surface area (Å²) in [6, 6.07) is 17.4. The highest BCUT2D eigenvalue weighted by atomic mass is 35.5. The van der Waals surface area contributed by atoms with Gasteiger partial charge in [0.25, 0.3) is 5.91 Å². The Morgan fingerprint density at radius 3 is 2.53 bits per heavy atom. The van der Waals surface area contributed by atoms with E-state index in [2.05, 4.69) is 15.1 Å². The summed E-state index contributed by atoms with van der Waals surface area (Å²) in [6.07, 6.45) is 0. The third-order valence-electron chi connectivity index (χ3n) is 6.17. The summed E-state index contributed by atoms with van der Waals surface area (Å²) in [5.41, 5.74) is 3.39. The molecule has 0 aliphatic carbocycles. The van der Waals surface area contributed by atoms with E-state index in [1.54, 1.807) is 11.3 Å². The quantitative estimate of drug-likeness (QED) is 0.360. The van der Waals surface area contributed by atoms with Gasteiger partial charge in [0.05, 0.1) is 10.4 Å². The highest BCUT2D eigenvalue weighted by Gasteiger charge is 2.26. The summed E-state index contributed by atoms with van der Waals surface area (Å²) in [5.74, 6) is 1.59. The van der Waals surface area contributed by atoms with Gasteiger partial charge in [-0.05, 0) is 48.7 Å². The summed E-state index contributed by atoms with van der Waals surface area (Å²) in [6.45, 7) is 4.56. The minimum absolute atomic E-state index is 0.0617. The first-order chi connectivity index (χ1) is 16.6. The number of carbonyl (C=O) groups is 1.